The van der Waals surface area contributed by atoms with Gasteiger partial charge < -0.3 is 9.30 Å². The summed E-state index contributed by atoms with van der Waals surface area (Å²) in [5, 5.41) is 2.29. The lowest BCUT2D eigenvalue weighted by atomic mass is 10.1. The number of likely N-dealkylation sites (tertiary alicyclic amines) is 1. The number of fused-ring (bicyclic) bond motifs is 1. The summed E-state index contributed by atoms with van der Waals surface area (Å²) in [6.45, 7) is 3.77. The molecule has 142 valence electrons. The molecule has 0 aliphatic carbocycles. The first-order chi connectivity index (χ1) is 13.1. The zero-order valence-corrected chi connectivity index (χ0v) is 17.1. The van der Waals surface area contributed by atoms with Gasteiger partial charge >= 0.3 is 0 Å². The molecule has 27 heavy (non-hydrogen) atoms. The van der Waals surface area contributed by atoms with Crippen LogP contribution in [0, 0.1) is 0 Å². The summed E-state index contributed by atoms with van der Waals surface area (Å²) in [5.74, 6) is 0.623. The Kier molecular flexibility index (Phi) is 5.63. The number of hydrogen-bond acceptors (Lipinski definition) is 2. The maximum atomic E-state index is 6.30. The Bertz CT molecular complexity index is 945. The van der Waals surface area contributed by atoms with Gasteiger partial charge in [0.05, 0.1) is 10.7 Å². The molecule has 2 heterocycles. The molecule has 0 unspecified atom stereocenters. The third-order valence-electron chi connectivity index (χ3n) is 5.45. The molecule has 1 aliphatic rings. The van der Waals surface area contributed by atoms with Crippen LogP contribution in [0.25, 0.3) is 10.9 Å². The fraction of sp³-hybridized carbons (Fsp3) is 0.364. The summed E-state index contributed by atoms with van der Waals surface area (Å²) in [4.78, 5) is 2.56. The minimum Gasteiger partial charge on any atom is -0.486 e. The van der Waals surface area contributed by atoms with Crippen molar-refractivity contribution < 1.29 is 4.74 Å². The molecule has 3 aromatic rings. The fourth-order valence-corrected chi connectivity index (χ4v) is 4.31. The second-order valence-corrected chi connectivity index (χ2v) is 7.96. The van der Waals surface area contributed by atoms with Gasteiger partial charge in [0.15, 0.2) is 0 Å². The van der Waals surface area contributed by atoms with Crippen molar-refractivity contribution in [2.45, 2.75) is 32.4 Å². The lowest BCUT2D eigenvalue weighted by molar-refractivity contribution is 0.218. The van der Waals surface area contributed by atoms with Crippen molar-refractivity contribution >= 4 is 34.1 Å². The van der Waals surface area contributed by atoms with Gasteiger partial charge in [-0.25, -0.2) is 0 Å². The minimum atomic E-state index is 0.467. The predicted molar refractivity (Wildman–Crippen MR) is 113 cm³/mol. The monoisotopic (exact) mass is 402 g/mol. The number of rotatable bonds is 5. The van der Waals surface area contributed by atoms with Crippen LogP contribution in [0.3, 0.4) is 0 Å². The summed E-state index contributed by atoms with van der Waals surface area (Å²) in [7, 11) is 2.11. The molecule has 0 radical (unpaired) electrons. The number of aromatic nitrogens is 1. The highest BCUT2D eigenvalue weighted by Gasteiger charge is 2.19. The molecule has 1 fully saturated rings. The molecule has 0 bridgehead atoms. The number of para-hydroxylation sites is 1. The number of benzene rings is 2. The molecular weight excluding hydrogens is 379 g/mol. The Morgan fingerprint density at radius 1 is 0.963 bits per heavy atom. The summed E-state index contributed by atoms with van der Waals surface area (Å²) in [6, 6.07) is 14.1. The second-order valence-electron chi connectivity index (χ2n) is 7.18. The molecule has 0 spiro atoms. The van der Waals surface area contributed by atoms with Gasteiger partial charge in [-0.2, -0.15) is 0 Å². The largest absolute Gasteiger partial charge is 0.486 e. The van der Waals surface area contributed by atoms with Crippen molar-refractivity contribution in [3.05, 3.63) is 63.8 Å². The van der Waals surface area contributed by atoms with Crippen molar-refractivity contribution in [1.82, 2.24) is 9.47 Å². The third kappa shape index (κ3) is 3.82. The molecule has 0 amide bonds. The van der Waals surface area contributed by atoms with Gasteiger partial charge in [-0.05, 0) is 49.7 Å². The average Bonchev–Trinajstić information content (AvgIpc) is 2.96. The predicted octanol–water partition coefficient (Wildman–Crippen LogP) is 6.05. The van der Waals surface area contributed by atoms with Crippen LogP contribution in [0.5, 0.6) is 5.75 Å². The number of halogens is 2. The van der Waals surface area contributed by atoms with E-state index in [1.165, 1.54) is 54.5 Å². The zero-order valence-electron chi connectivity index (χ0n) is 15.5. The van der Waals surface area contributed by atoms with Crippen LogP contribution >= 0.6 is 23.2 Å². The Labute approximate surface area is 170 Å². The van der Waals surface area contributed by atoms with Crippen LogP contribution in [-0.2, 0) is 20.2 Å². The van der Waals surface area contributed by atoms with Gasteiger partial charge in [0.1, 0.15) is 17.4 Å². The highest BCUT2D eigenvalue weighted by Crippen LogP contribution is 2.33. The number of piperidine rings is 1. The number of ether oxygens (including phenoxy) is 1. The van der Waals surface area contributed by atoms with E-state index in [0.717, 1.165) is 6.54 Å². The van der Waals surface area contributed by atoms with Crippen LogP contribution in [0.15, 0.2) is 42.5 Å². The first-order valence-electron chi connectivity index (χ1n) is 9.49. The Morgan fingerprint density at radius 2 is 1.74 bits per heavy atom. The van der Waals surface area contributed by atoms with Gasteiger partial charge in [-0.3, -0.25) is 4.90 Å². The van der Waals surface area contributed by atoms with Crippen molar-refractivity contribution in [2.24, 2.45) is 7.05 Å². The van der Waals surface area contributed by atoms with E-state index < -0.39 is 0 Å². The zero-order chi connectivity index (χ0) is 18.8. The summed E-state index contributed by atoms with van der Waals surface area (Å²) < 4.78 is 8.33. The standard InChI is InChI=1S/C22H24Cl2N2O/c1-25-19-10-4-3-8-16(19)17(14-26-12-5-2-6-13-26)20(25)15-27-21-11-7-9-18(23)22(21)24/h3-4,7-11H,2,5-6,12-15H2,1H3. The quantitative estimate of drug-likeness (QED) is 0.516. The fourth-order valence-electron chi connectivity index (χ4n) is 3.97. The van der Waals surface area contributed by atoms with E-state index in [1.54, 1.807) is 6.07 Å². The lowest BCUT2D eigenvalue weighted by Gasteiger charge is -2.26. The van der Waals surface area contributed by atoms with Crippen molar-refractivity contribution in [3.63, 3.8) is 0 Å². The Morgan fingerprint density at radius 3 is 2.56 bits per heavy atom. The van der Waals surface area contributed by atoms with Crippen LogP contribution in [0.2, 0.25) is 10.0 Å². The van der Waals surface area contributed by atoms with E-state index >= 15 is 0 Å². The molecule has 1 aromatic heterocycles. The van der Waals surface area contributed by atoms with E-state index in [9.17, 15) is 0 Å². The van der Waals surface area contributed by atoms with Crippen LogP contribution in [0.4, 0.5) is 0 Å². The molecule has 2 aromatic carbocycles. The molecular formula is C22H24Cl2N2O. The molecule has 4 rings (SSSR count). The summed E-state index contributed by atoms with van der Waals surface area (Å²) >= 11 is 12.4. The van der Waals surface area contributed by atoms with Gasteiger partial charge in [0.25, 0.3) is 0 Å². The lowest BCUT2D eigenvalue weighted by Crippen LogP contribution is -2.29. The molecule has 1 saturated heterocycles. The molecule has 1 aliphatic heterocycles. The topological polar surface area (TPSA) is 17.4 Å². The second kappa shape index (κ2) is 8.14. The summed E-state index contributed by atoms with van der Waals surface area (Å²) in [6.07, 6.45) is 3.92. The maximum absolute atomic E-state index is 6.30. The maximum Gasteiger partial charge on any atom is 0.140 e. The van der Waals surface area contributed by atoms with E-state index in [-0.39, 0.29) is 0 Å². The highest BCUT2D eigenvalue weighted by molar-refractivity contribution is 6.42. The third-order valence-corrected chi connectivity index (χ3v) is 6.26. The van der Waals surface area contributed by atoms with Crippen LogP contribution in [-0.4, -0.2) is 22.6 Å². The minimum absolute atomic E-state index is 0.467. The molecule has 0 N–H and O–H groups in total. The molecule has 3 nitrogen and oxygen atoms in total. The Balaban J connectivity index is 1.67. The van der Waals surface area contributed by atoms with E-state index in [1.807, 2.05) is 12.1 Å². The van der Waals surface area contributed by atoms with Gasteiger partial charge in [-0.15, -0.1) is 0 Å². The van der Waals surface area contributed by atoms with E-state index in [4.69, 9.17) is 27.9 Å². The van der Waals surface area contributed by atoms with Crippen molar-refractivity contribution in [1.29, 1.82) is 0 Å². The molecule has 5 heteroatoms. The number of nitrogens with zero attached hydrogens (tertiary/aromatic N) is 2. The van der Waals surface area contributed by atoms with Gasteiger partial charge in [-0.1, -0.05) is 53.9 Å². The highest BCUT2D eigenvalue weighted by atomic mass is 35.5. The van der Waals surface area contributed by atoms with Crippen LogP contribution < -0.4 is 4.74 Å². The summed E-state index contributed by atoms with van der Waals surface area (Å²) in [5.41, 5.74) is 3.78. The number of aryl methyl sites for hydroxylation is 1. The normalized spacial score (nSPS) is 15.4. The van der Waals surface area contributed by atoms with E-state index in [2.05, 4.69) is 40.8 Å². The van der Waals surface area contributed by atoms with Gasteiger partial charge in [0, 0.05) is 24.5 Å². The van der Waals surface area contributed by atoms with E-state index in [0.29, 0.717) is 22.4 Å². The smallest absolute Gasteiger partial charge is 0.140 e. The van der Waals surface area contributed by atoms with Crippen molar-refractivity contribution in [3.8, 4) is 5.75 Å². The van der Waals surface area contributed by atoms with Crippen LogP contribution in [0.1, 0.15) is 30.5 Å². The average molecular weight is 403 g/mol. The van der Waals surface area contributed by atoms with Gasteiger partial charge in [0.2, 0.25) is 0 Å². The molecule has 0 atom stereocenters. The molecule has 0 saturated carbocycles. The van der Waals surface area contributed by atoms with Crippen molar-refractivity contribution in [2.75, 3.05) is 13.1 Å². The number of hydrogen-bond donors (Lipinski definition) is 0. The SMILES string of the molecule is Cn1c(COc2cccc(Cl)c2Cl)c(CN2CCCCC2)c2ccccc21. The first-order valence-corrected chi connectivity index (χ1v) is 10.2. The Hall–Kier alpha value is -1.68. The first kappa shape index (κ1) is 18.7.